The second kappa shape index (κ2) is 9.68. The molecule has 2 aromatic carbocycles. The molecule has 0 saturated carbocycles. The molecule has 1 unspecified atom stereocenters. The van der Waals surface area contributed by atoms with Crippen LogP contribution in [0.2, 0.25) is 0 Å². The molecule has 0 spiro atoms. The van der Waals surface area contributed by atoms with Crippen LogP contribution in [0.5, 0.6) is 0 Å². The third kappa shape index (κ3) is 5.46. The van der Waals surface area contributed by atoms with Gasteiger partial charge in [-0.1, -0.05) is 42.5 Å². The number of carboxylic acid groups (broad SMARTS) is 1. The van der Waals surface area contributed by atoms with Crippen LogP contribution < -0.4 is 11.1 Å². The van der Waals surface area contributed by atoms with Crippen LogP contribution in [0.1, 0.15) is 40.6 Å². The van der Waals surface area contributed by atoms with Gasteiger partial charge in [-0.3, -0.25) is 4.79 Å². The van der Waals surface area contributed by atoms with Crippen molar-refractivity contribution in [1.82, 2.24) is 14.9 Å². The van der Waals surface area contributed by atoms with Crippen molar-refractivity contribution in [2.75, 3.05) is 18.4 Å². The minimum absolute atomic E-state index is 0.147. The fraction of sp³-hybridized carbons (Fsp3) is 0.280. The Morgan fingerprint density at radius 3 is 2.48 bits per heavy atom. The molecule has 1 aliphatic heterocycles. The highest BCUT2D eigenvalue weighted by atomic mass is 16.4. The summed E-state index contributed by atoms with van der Waals surface area (Å²) in [5.41, 5.74) is 10.3. The number of amides is 2. The number of benzene rings is 2. The van der Waals surface area contributed by atoms with Crippen molar-refractivity contribution in [1.29, 1.82) is 0 Å². The van der Waals surface area contributed by atoms with Crippen molar-refractivity contribution < 1.29 is 14.7 Å². The zero-order valence-corrected chi connectivity index (χ0v) is 18.4. The lowest BCUT2D eigenvalue weighted by molar-refractivity contribution is -0.118. The number of anilines is 2. The Bertz CT molecular complexity index is 1130. The summed E-state index contributed by atoms with van der Waals surface area (Å²) in [6, 6.07) is 17.8. The zero-order valence-electron chi connectivity index (χ0n) is 18.4. The highest BCUT2D eigenvalue weighted by molar-refractivity contribution is 5.75. The van der Waals surface area contributed by atoms with Crippen LogP contribution >= 0.6 is 0 Å². The number of likely N-dealkylation sites (tertiary alicyclic amines) is 1. The van der Waals surface area contributed by atoms with Crippen LogP contribution in [0.25, 0.3) is 0 Å². The molecular formula is C25H27N5O3. The van der Waals surface area contributed by atoms with Gasteiger partial charge in [0, 0.05) is 43.2 Å². The van der Waals surface area contributed by atoms with Gasteiger partial charge in [0.05, 0.1) is 5.69 Å². The summed E-state index contributed by atoms with van der Waals surface area (Å²) in [6.45, 7) is 2.98. The van der Waals surface area contributed by atoms with E-state index in [-0.39, 0.29) is 24.2 Å². The first-order chi connectivity index (χ1) is 15.9. The van der Waals surface area contributed by atoms with Crippen LogP contribution in [-0.4, -0.2) is 45.1 Å². The molecule has 1 atom stereocenters. The average Bonchev–Trinajstić information content (AvgIpc) is 2.75. The first kappa shape index (κ1) is 22.3. The fourth-order valence-corrected chi connectivity index (χ4v) is 4.15. The fourth-order valence-electron chi connectivity index (χ4n) is 4.15. The molecule has 8 nitrogen and oxygen atoms in total. The Kier molecular flexibility index (Phi) is 6.53. The highest BCUT2D eigenvalue weighted by Gasteiger charge is 2.31. The maximum atomic E-state index is 11.8. The van der Waals surface area contributed by atoms with Gasteiger partial charge in [-0.05, 0) is 42.2 Å². The molecule has 170 valence electrons. The maximum absolute atomic E-state index is 11.8. The minimum atomic E-state index is -0.876. The van der Waals surface area contributed by atoms with Gasteiger partial charge in [-0.2, -0.15) is 0 Å². The molecule has 0 radical (unpaired) electrons. The molecule has 1 saturated heterocycles. The van der Waals surface area contributed by atoms with Crippen molar-refractivity contribution in [3.8, 4) is 0 Å². The number of nitrogens with one attached hydrogen (secondary N) is 1. The number of carbonyl (C=O) groups excluding carboxylic acids is 1. The highest BCUT2D eigenvalue weighted by Crippen LogP contribution is 2.29. The first-order valence-corrected chi connectivity index (χ1v) is 10.9. The standard InChI is InChI=1S/C25H27N5O3/c1-16-13-27-24(28-21-9-7-18(8-10-21)20-14-30(15-20)25(32)33)29-23(16)19(12-22(26)31)11-17-5-3-2-4-6-17/h2-10,13,19-20H,11-12,14-15H2,1H3,(H2,26,31)(H,32,33)(H,27,28,29). The van der Waals surface area contributed by atoms with Gasteiger partial charge in [-0.25, -0.2) is 14.8 Å². The van der Waals surface area contributed by atoms with E-state index in [0.29, 0.717) is 25.5 Å². The van der Waals surface area contributed by atoms with E-state index >= 15 is 0 Å². The number of aryl methyl sites for hydroxylation is 1. The summed E-state index contributed by atoms with van der Waals surface area (Å²) in [6.07, 6.45) is 1.74. The number of primary amides is 1. The van der Waals surface area contributed by atoms with E-state index in [9.17, 15) is 9.59 Å². The molecule has 1 fully saturated rings. The van der Waals surface area contributed by atoms with Crippen molar-refractivity contribution in [2.45, 2.75) is 31.6 Å². The molecule has 2 heterocycles. The molecule has 3 aromatic rings. The van der Waals surface area contributed by atoms with E-state index < -0.39 is 6.09 Å². The van der Waals surface area contributed by atoms with E-state index in [1.165, 1.54) is 4.90 Å². The molecule has 0 aliphatic carbocycles. The SMILES string of the molecule is Cc1cnc(Nc2ccc(C3CN(C(=O)O)C3)cc2)nc1C(CC(N)=O)Cc1ccccc1. The Hall–Kier alpha value is -3.94. The van der Waals surface area contributed by atoms with E-state index in [4.69, 9.17) is 15.8 Å². The van der Waals surface area contributed by atoms with Gasteiger partial charge in [0.15, 0.2) is 0 Å². The summed E-state index contributed by atoms with van der Waals surface area (Å²) >= 11 is 0. The predicted molar refractivity (Wildman–Crippen MR) is 126 cm³/mol. The largest absolute Gasteiger partial charge is 0.465 e. The van der Waals surface area contributed by atoms with Gasteiger partial charge in [0.2, 0.25) is 11.9 Å². The molecule has 33 heavy (non-hydrogen) atoms. The van der Waals surface area contributed by atoms with E-state index in [1.807, 2.05) is 61.5 Å². The lowest BCUT2D eigenvalue weighted by Gasteiger charge is -2.37. The molecular weight excluding hydrogens is 418 g/mol. The third-order valence-corrected chi connectivity index (χ3v) is 5.96. The minimum Gasteiger partial charge on any atom is -0.465 e. The second-order valence-corrected chi connectivity index (χ2v) is 8.45. The van der Waals surface area contributed by atoms with Gasteiger partial charge in [0.25, 0.3) is 0 Å². The van der Waals surface area contributed by atoms with Crippen molar-refractivity contribution in [3.05, 3.63) is 83.2 Å². The van der Waals surface area contributed by atoms with Crippen molar-refractivity contribution >= 4 is 23.6 Å². The van der Waals surface area contributed by atoms with Gasteiger partial charge < -0.3 is 21.1 Å². The number of rotatable bonds is 8. The average molecular weight is 446 g/mol. The predicted octanol–water partition coefficient (Wildman–Crippen LogP) is 3.81. The maximum Gasteiger partial charge on any atom is 0.407 e. The Labute approximate surface area is 192 Å². The third-order valence-electron chi connectivity index (χ3n) is 5.96. The summed E-state index contributed by atoms with van der Waals surface area (Å²) in [5.74, 6) is 0.166. The molecule has 1 aliphatic rings. The van der Waals surface area contributed by atoms with Gasteiger partial charge in [-0.15, -0.1) is 0 Å². The lowest BCUT2D eigenvalue weighted by atomic mass is 9.90. The Morgan fingerprint density at radius 1 is 1.15 bits per heavy atom. The summed E-state index contributed by atoms with van der Waals surface area (Å²) < 4.78 is 0. The molecule has 8 heteroatoms. The monoisotopic (exact) mass is 445 g/mol. The number of nitrogens with two attached hydrogens (primary N) is 1. The molecule has 4 rings (SSSR count). The van der Waals surface area contributed by atoms with Crippen molar-refractivity contribution in [2.24, 2.45) is 5.73 Å². The van der Waals surface area contributed by atoms with Crippen LogP contribution in [-0.2, 0) is 11.2 Å². The van der Waals surface area contributed by atoms with E-state index in [0.717, 1.165) is 28.1 Å². The van der Waals surface area contributed by atoms with Crippen LogP contribution in [0.15, 0.2) is 60.8 Å². The second-order valence-electron chi connectivity index (χ2n) is 8.45. The summed E-state index contributed by atoms with van der Waals surface area (Å²) in [4.78, 5) is 33.3. The molecule has 4 N–H and O–H groups in total. The van der Waals surface area contributed by atoms with Gasteiger partial charge in [0.1, 0.15) is 0 Å². The normalized spacial score (nSPS) is 14.4. The van der Waals surface area contributed by atoms with E-state index in [2.05, 4.69) is 10.3 Å². The van der Waals surface area contributed by atoms with Crippen LogP contribution in [0, 0.1) is 6.92 Å². The number of hydrogen-bond donors (Lipinski definition) is 3. The number of aromatic nitrogens is 2. The molecule has 0 bridgehead atoms. The number of nitrogens with zero attached hydrogens (tertiary/aromatic N) is 3. The van der Waals surface area contributed by atoms with Gasteiger partial charge >= 0.3 is 6.09 Å². The Balaban J connectivity index is 1.49. The number of carbonyl (C=O) groups is 2. The Morgan fingerprint density at radius 2 is 1.85 bits per heavy atom. The van der Waals surface area contributed by atoms with Crippen LogP contribution in [0.3, 0.4) is 0 Å². The topological polar surface area (TPSA) is 121 Å². The van der Waals surface area contributed by atoms with E-state index in [1.54, 1.807) is 6.20 Å². The zero-order chi connectivity index (χ0) is 23.4. The smallest absolute Gasteiger partial charge is 0.407 e. The summed E-state index contributed by atoms with van der Waals surface area (Å²) in [5, 5.41) is 12.2. The van der Waals surface area contributed by atoms with Crippen molar-refractivity contribution in [3.63, 3.8) is 0 Å². The first-order valence-electron chi connectivity index (χ1n) is 10.9. The summed E-state index contributed by atoms with van der Waals surface area (Å²) in [7, 11) is 0. The quantitative estimate of drug-likeness (QED) is 0.485. The lowest BCUT2D eigenvalue weighted by Crippen LogP contribution is -2.47. The molecule has 1 aromatic heterocycles. The number of hydrogen-bond acceptors (Lipinski definition) is 5. The molecule has 2 amide bonds. The van der Waals surface area contributed by atoms with Crippen LogP contribution in [0.4, 0.5) is 16.4 Å².